The SMILES string of the molecule is O=C(Cc1ccc(Cl)cc1)NCCOCc1ccccc1. The summed E-state index contributed by atoms with van der Waals surface area (Å²) in [6.45, 7) is 1.58. The van der Waals surface area contributed by atoms with Gasteiger partial charge in [0.2, 0.25) is 5.91 Å². The monoisotopic (exact) mass is 303 g/mol. The number of ether oxygens (including phenoxy) is 1. The zero-order chi connectivity index (χ0) is 14.9. The number of carbonyl (C=O) groups is 1. The van der Waals surface area contributed by atoms with Gasteiger partial charge in [0.05, 0.1) is 19.6 Å². The number of nitrogens with one attached hydrogen (secondary N) is 1. The predicted octanol–water partition coefficient (Wildman–Crippen LogP) is 3.22. The van der Waals surface area contributed by atoms with Crippen LogP contribution in [0, 0.1) is 0 Å². The first kappa shape index (κ1) is 15.5. The standard InChI is InChI=1S/C17H18ClNO2/c18-16-8-6-14(7-9-16)12-17(20)19-10-11-21-13-15-4-2-1-3-5-15/h1-9H,10-13H2,(H,19,20). The number of benzene rings is 2. The lowest BCUT2D eigenvalue weighted by atomic mass is 10.1. The first-order chi connectivity index (χ1) is 10.2. The largest absolute Gasteiger partial charge is 0.375 e. The van der Waals surface area contributed by atoms with Crippen molar-refractivity contribution in [2.45, 2.75) is 13.0 Å². The van der Waals surface area contributed by atoms with Gasteiger partial charge in [0.15, 0.2) is 0 Å². The number of rotatable bonds is 7. The number of halogens is 1. The summed E-state index contributed by atoms with van der Waals surface area (Å²) in [5.74, 6) is -0.0133. The molecular formula is C17H18ClNO2. The normalized spacial score (nSPS) is 10.3. The molecule has 0 aliphatic heterocycles. The van der Waals surface area contributed by atoms with Gasteiger partial charge in [0, 0.05) is 11.6 Å². The highest BCUT2D eigenvalue weighted by atomic mass is 35.5. The molecule has 1 N–H and O–H groups in total. The summed E-state index contributed by atoms with van der Waals surface area (Å²) >= 11 is 5.80. The zero-order valence-electron chi connectivity index (χ0n) is 11.7. The van der Waals surface area contributed by atoms with E-state index in [0.717, 1.165) is 11.1 Å². The van der Waals surface area contributed by atoms with Crippen molar-refractivity contribution in [2.24, 2.45) is 0 Å². The fourth-order valence-corrected chi connectivity index (χ4v) is 2.00. The second-order valence-corrected chi connectivity index (χ2v) is 5.13. The molecule has 0 saturated carbocycles. The average molecular weight is 304 g/mol. The Kier molecular flexibility index (Phi) is 6.25. The Bertz CT molecular complexity index is 555. The molecular weight excluding hydrogens is 286 g/mol. The highest BCUT2D eigenvalue weighted by molar-refractivity contribution is 6.30. The van der Waals surface area contributed by atoms with E-state index in [4.69, 9.17) is 16.3 Å². The Balaban J connectivity index is 1.60. The van der Waals surface area contributed by atoms with Crippen molar-refractivity contribution in [3.8, 4) is 0 Å². The topological polar surface area (TPSA) is 38.3 Å². The van der Waals surface area contributed by atoms with Crippen LogP contribution in [-0.4, -0.2) is 19.1 Å². The molecule has 0 radical (unpaired) electrons. The number of hydrogen-bond donors (Lipinski definition) is 1. The van der Waals surface area contributed by atoms with Gasteiger partial charge in [-0.05, 0) is 23.3 Å². The molecule has 2 aromatic rings. The van der Waals surface area contributed by atoms with Crippen LogP contribution in [0.5, 0.6) is 0 Å². The molecule has 0 aliphatic rings. The maximum atomic E-state index is 11.7. The molecule has 110 valence electrons. The van der Waals surface area contributed by atoms with Crippen molar-refractivity contribution in [1.82, 2.24) is 5.32 Å². The molecule has 0 bridgehead atoms. The third-order valence-corrected chi connectivity index (χ3v) is 3.21. The zero-order valence-corrected chi connectivity index (χ0v) is 12.5. The minimum Gasteiger partial charge on any atom is -0.375 e. The number of amides is 1. The van der Waals surface area contributed by atoms with Crippen LogP contribution in [0.1, 0.15) is 11.1 Å². The molecule has 0 heterocycles. The van der Waals surface area contributed by atoms with Gasteiger partial charge in [0.25, 0.3) is 0 Å². The number of carbonyl (C=O) groups excluding carboxylic acids is 1. The molecule has 0 saturated heterocycles. The molecule has 3 nitrogen and oxygen atoms in total. The molecule has 0 unspecified atom stereocenters. The Morgan fingerprint density at radius 2 is 1.71 bits per heavy atom. The maximum absolute atomic E-state index is 11.7. The van der Waals surface area contributed by atoms with Crippen molar-refractivity contribution >= 4 is 17.5 Å². The van der Waals surface area contributed by atoms with E-state index in [2.05, 4.69) is 5.32 Å². The van der Waals surface area contributed by atoms with Crippen molar-refractivity contribution in [3.05, 3.63) is 70.7 Å². The Morgan fingerprint density at radius 3 is 2.43 bits per heavy atom. The summed E-state index contributed by atoms with van der Waals surface area (Å²) in [5, 5.41) is 3.51. The molecule has 2 aromatic carbocycles. The first-order valence-corrected chi connectivity index (χ1v) is 7.24. The summed E-state index contributed by atoms with van der Waals surface area (Å²) < 4.78 is 5.50. The minimum absolute atomic E-state index is 0.0133. The smallest absolute Gasteiger partial charge is 0.224 e. The molecule has 0 atom stereocenters. The second-order valence-electron chi connectivity index (χ2n) is 4.69. The summed E-state index contributed by atoms with van der Waals surface area (Å²) in [4.78, 5) is 11.7. The first-order valence-electron chi connectivity index (χ1n) is 6.87. The van der Waals surface area contributed by atoms with Crippen LogP contribution in [0.2, 0.25) is 5.02 Å². The van der Waals surface area contributed by atoms with Crippen molar-refractivity contribution in [3.63, 3.8) is 0 Å². The fourth-order valence-electron chi connectivity index (χ4n) is 1.88. The minimum atomic E-state index is -0.0133. The van der Waals surface area contributed by atoms with E-state index >= 15 is 0 Å². The van der Waals surface area contributed by atoms with Crippen molar-refractivity contribution in [2.75, 3.05) is 13.2 Å². The highest BCUT2D eigenvalue weighted by Gasteiger charge is 2.02. The Hall–Kier alpha value is -1.84. The lowest BCUT2D eigenvalue weighted by Crippen LogP contribution is -2.28. The van der Waals surface area contributed by atoms with Crippen LogP contribution in [0.3, 0.4) is 0 Å². The van der Waals surface area contributed by atoms with Crippen molar-refractivity contribution < 1.29 is 9.53 Å². The summed E-state index contributed by atoms with van der Waals surface area (Å²) in [7, 11) is 0. The molecule has 0 fully saturated rings. The Morgan fingerprint density at radius 1 is 1.00 bits per heavy atom. The van der Waals surface area contributed by atoms with Crippen LogP contribution >= 0.6 is 11.6 Å². The van der Waals surface area contributed by atoms with Gasteiger partial charge in [-0.15, -0.1) is 0 Å². The molecule has 21 heavy (non-hydrogen) atoms. The third kappa shape index (κ3) is 5.98. The van der Waals surface area contributed by atoms with E-state index in [9.17, 15) is 4.79 Å². The fraction of sp³-hybridized carbons (Fsp3) is 0.235. The van der Waals surface area contributed by atoms with Crippen LogP contribution < -0.4 is 5.32 Å². The van der Waals surface area contributed by atoms with Gasteiger partial charge in [0.1, 0.15) is 0 Å². The number of hydrogen-bond acceptors (Lipinski definition) is 2. The van der Waals surface area contributed by atoms with E-state index < -0.39 is 0 Å². The van der Waals surface area contributed by atoms with Gasteiger partial charge in [-0.2, -0.15) is 0 Å². The maximum Gasteiger partial charge on any atom is 0.224 e. The van der Waals surface area contributed by atoms with E-state index in [1.54, 1.807) is 12.1 Å². The van der Waals surface area contributed by atoms with E-state index in [-0.39, 0.29) is 5.91 Å². The molecule has 0 aromatic heterocycles. The van der Waals surface area contributed by atoms with Gasteiger partial charge in [-0.3, -0.25) is 4.79 Å². The predicted molar refractivity (Wildman–Crippen MR) is 84.3 cm³/mol. The molecule has 0 aliphatic carbocycles. The molecule has 4 heteroatoms. The van der Waals surface area contributed by atoms with Crippen LogP contribution in [0.4, 0.5) is 0 Å². The van der Waals surface area contributed by atoms with Crippen LogP contribution in [-0.2, 0) is 22.6 Å². The lowest BCUT2D eigenvalue weighted by Gasteiger charge is -2.07. The Labute approximate surface area is 129 Å². The van der Waals surface area contributed by atoms with Gasteiger partial charge in [-0.1, -0.05) is 54.1 Å². The van der Waals surface area contributed by atoms with Gasteiger partial charge >= 0.3 is 0 Å². The third-order valence-electron chi connectivity index (χ3n) is 2.96. The van der Waals surface area contributed by atoms with Crippen molar-refractivity contribution in [1.29, 1.82) is 0 Å². The van der Waals surface area contributed by atoms with E-state index in [1.807, 2.05) is 42.5 Å². The molecule has 2 rings (SSSR count). The summed E-state index contributed by atoms with van der Waals surface area (Å²) in [5.41, 5.74) is 2.08. The van der Waals surface area contributed by atoms with E-state index in [1.165, 1.54) is 0 Å². The van der Waals surface area contributed by atoms with Crippen LogP contribution in [0.15, 0.2) is 54.6 Å². The summed E-state index contributed by atoms with van der Waals surface area (Å²) in [6.07, 6.45) is 0.357. The highest BCUT2D eigenvalue weighted by Crippen LogP contribution is 2.09. The quantitative estimate of drug-likeness (QED) is 0.798. The van der Waals surface area contributed by atoms with Gasteiger partial charge in [-0.25, -0.2) is 0 Å². The molecule has 1 amide bonds. The van der Waals surface area contributed by atoms with Crippen LogP contribution in [0.25, 0.3) is 0 Å². The lowest BCUT2D eigenvalue weighted by molar-refractivity contribution is -0.120. The second kappa shape index (κ2) is 8.45. The summed E-state index contributed by atoms with van der Waals surface area (Å²) in [6, 6.07) is 17.2. The van der Waals surface area contributed by atoms with E-state index in [0.29, 0.717) is 31.2 Å². The molecule has 0 spiro atoms. The average Bonchev–Trinajstić information content (AvgIpc) is 2.50. The van der Waals surface area contributed by atoms with Gasteiger partial charge < -0.3 is 10.1 Å².